The quantitative estimate of drug-likeness (QED) is 0.745. The molecule has 0 amide bonds. The average Bonchev–Trinajstić information content (AvgIpc) is 2.17. The molecule has 1 atom stereocenters. The maximum atomic E-state index is 5.66. The van der Waals surface area contributed by atoms with Gasteiger partial charge < -0.3 is 15.5 Å². The highest BCUT2D eigenvalue weighted by atomic mass is 15.3. The van der Waals surface area contributed by atoms with Crippen molar-refractivity contribution in [3.05, 3.63) is 0 Å². The van der Waals surface area contributed by atoms with Crippen LogP contribution in [0.5, 0.6) is 0 Å². The van der Waals surface area contributed by atoms with Crippen LogP contribution in [0.3, 0.4) is 0 Å². The molecule has 2 fully saturated rings. The van der Waals surface area contributed by atoms with Gasteiger partial charge >= 0.3 is 0 Å². The fourth-order valence-electron chi connectivity index (χ4n) is 2.72. The predicted octanol–water partition coefficient (Wildman–Crippen LogP) is 0.751. The predicted molar refractivity (Wildman–Crippen MR) is 63.9 cm³/mol. The van der Waals surface area contributed by atoms with Crippen LogP contribution >= 0.6 is 0 Å². The standard InChI is InChI=1S/C12H25N3/c1-14-7-8-15(9-11-3-2-4-11)10-12(14)5-6-13/h11-12H,2-10,13H2,1H3. The molecule has 0 bridgehead atoms. The zero-order chi connectivity index (χ0) is 10.7. The highest BCUT2D eigenvalue weighted by Gasteiger charge is 2.27. The molecule has 88 valence electrons. The molecular weight excluding hydrogens is 186 g/mol. The maximum absolute atomic E-state index is 5.66. The van der Waals surface area contributed by atoms with Crippen molar-refractivity contribution in [1.82, 2.24) is 9.80 Å². The minimum absolute atomic E-state index is 0.698. The SMILES string of the molecule is CN1CCN(CC2CCC2)CC1CCN. The van der Waals surface area contributed by atoms with Gasteiger partial charge in [0.1, 0.15) is 0 Å². The van der Waals surface area contributed by atoms with E-state index in [0.717, 1.165) is 18.9 Å². The first-order chi connectivity index (χ1) is 7.29. The lowest BCUT2D eigenvalue weighted by Gasteiger charge is -2.42. The van der Waals surface area contributed by atoms with Gasteiger partial charge in [-0.15, -0.1) is 0 Å². The van der Waals surface area contributed by atoms with E-state index < -0.39 is 0 Å². The van der Waals surface area contributed by atoms with E-state index in [1.165, 1.54) is 45.4 Å². The van der Waals surface area contributed by atoms with Crippen molar-refractivity contribution in [1.29, 1.82) is 0 Å². The Kier molecular flexibility index (Phi) is 4.00. The molecule has 0 aromatic carbocycles. The van der Waals surface area contributed by atoms with Crippen molar-refractivity contribution in [3.8, 4) is 0 Å². The normalized spacial score (nSPS) is 30.4. The zero-order valence-electron chi connectivity index (χ0n) is 9.99. The summed E-state index contributed by atoms with van der Waals surface area (Å²) in [5.74, 6) is 1.01. The molecule has 1 saturated carbocycles. The summed E-state index contributed by atoms with van der Waals surface area (Å²) in [6.07, 6.45) is 5.55. The molecule has 2 N–H and O–H groups in total. The molecule has 2 aliphatic rings. The highest BCUT2D eigenvalue weighted by Crippen LogP contribution is 2.27. The Bertz CT molecular complexity index is 191. The smallest absolute Gasteiger partial charge is 0.0232 e. The van der Waals surface area contributed by atoms with Gasteiger partial charge in [0.15, 0.2) is 0 Å². The van der Waals surface area contributed by atoms with Gasteiger partial charge in [-0.1, -0.05) is 6.42 Å². The van der Waals surface area contributed by atoms with E-state index in [9.17, 15) is 0 Å². The van der Waals surface area contributed by atoms with Crippen LogP contribution in [-0.4, -0.2) is 55.6 Å². The van der Waals surface area contributed by atoms with Crippen molar-refractivity contribution in [2.75, 3.05) is 39.8 Å². The van der Waals surface area contributed by atoms with Crippen molar-refractivity contribution < 1.29 is 0 Å². The summed E-state index contributed by atoms with van der Waals surface area (Å²) in [6, 6.07) is 0.698. The van der Waals surface area contributed by atoms with Gasteiger partial charge in [0.25, 0.3) is 0 Å². The number of nitrogens with two attached hydrogens (primary N) is 1. The molecule has 0 aromatic heterocycles. The van der Waals surface area contributed by atoms with Crippen LogP contribution in [0, 0.1) is 5.92 Å². The Labute approximate surface area is 93.6 Å². The van der Waals surface area contributed by atoms with Gasteiger partial charge in [0, 0.05) is 32.2 Å². The van der Waals surface area contributed by atoms with Gasteiger partial charge in [-0.3, -0.25) is 0 Å². The Morgan fingerprint density at radius 3 is 2.67 bits per heavy atom. The van der Waals surface area contributed by atoms with Crippen LogP contribution in [-0.2, 0) is 0 Å². The molecule has 3 heteroatoms. The molecule has 0 spiro atoms. The fraction of sp³-hybridized carbons (Fsp3) is 1.00. The van der Waals surface area contributed by atoms with Crippen LogP contribution in [0.25, 0.3) is 0 Å². The summed E-state index contributed by atoms with van der Waals surface area (Å²) in [7, 11) is 2.24. The Morgan fingerprint density at radius 1 is 1.27 bits per heavy atom. The Hall–Kier alpha value is -0.120. The zero-order valence-corrected chi connectivity index (χ0v) is 9.99. The minimum atomic E-state index is 0.698. The van der Waals surface area contributed by atoms with E-state index >= 15 is 0 Å². The number of rotatable bonds is 4. The van der Waals surface area contributed by atoms with E-state index in [1.54, 1.807) is 0 Å². The van der Waals surface area contributed by atoms with Gasteiger partial charge in [-0.05, 0) is 38.8 Å². The van der Waals surface area contributed by atoms with Crippen molar-refractivity contribution in [3.63, 3.8) is 0 Å². The molecule has 15 heavy (non-hydrogen) atoms. The number of nitrogens with zero attached hydrogens (tertiary/aromatic N) is 2. The summed E-state index contributed by atoms with van der Waals surface area (Å²) < 4.78 is 0. The maximum Gasteiger partial charge on any atom is 0.0232 e. The molecule has 1 aliphatic heterocycles. The second-order valence-corrected chi connectivity index (χ2v) is 5.27. The minimum Gasteiger partial charge on any atom is -0.330 e. The third kappa shape index (κ3) is 2.92. The number of likely N-dealkylation sites (N-methyl/N-ethyl adjacent to an activating group) is 1. The third-order valence-corrected chi connectivity index (χ3v) is 4.10. The van der Waals surface area contributed by atoms with Gasteiger partial charge in [-0.25, -0.2) is 0 Å². The number of hydrogen-bond donors (Lipinski definition) is 1. The molecule has 2 rings (SSSR count). The monoisotopic (exact) mass is 211 g/mol. The van der Waals surface area contributed by atoms with E-state index in [2.05, 4.69) is 16.8 Å². The Morgan fingerprint density at radius 2 is 2.07 bits per heavy atom. The second-order valence-electron chi connectivity index (χ2n) is 5.27. The van der Waals surface area contributed by atoms with E-state index in [4.69, 9.17) is 5.73 Å². The van der Waals surface area contributed by atoms with Gasteiger partial charge in [0.05, 0.1) is 0 Å². The van der Waals surface area contributed by atoms with Crippen LogP contribution < -0.4 is 5.73 Å². The highest BCUT2D eigenvalue weighted by molar-refractivity contribution is 4.83. The van der Waals surface area contributed by atoms with Gasteiger partial charge in [0.2, 0.25) is 0 Å². The lowest BCUT2D eigenvalue weighted by Crippen LogP contribution is -2.53. The fourth-order valence-corrected chi connectivity index (χ4v) is 2.72. The van der Waals surface area contributed by atoms with Crippen LogP contribution in [0.4, 0.5) is 0 Å². The number of piperazine rings is 1. The summed E-state index contributed by atoms with van der Waals surface area (Å²) in [4.78, 5) is 5.13. The summed E-state index contributed by atoms with van der Waals surface area (Å²) in [5, 5.41) is 0. The van der Waals surface area contributed by atoms with Crippen molar-refractivity contribution in [2.24, 2.45) is 11.7 Å². The molecule has 1 unspecified atom stereocenters. The topological polar surface area (TPSA) is 32.5 Å². The van der Waals surface area contributed by atoms with Crippen LogP contribution in [0.2, 0.25) is 0 Å². The van der Waals surface area contributed by atoms with Gasteiger partial charge in [-0.2, -0.15) is 0 Å². The Balaban J connectivity index is 1.76. The number of hydrogen-bond acceptors (Lipinski definition) is 3. The van der Waals surface area contributed by atoms with Crippen molar-refractivity contribution >= 4 is 0 Å². The summed E-state index contributed by atoms with van der Waals surface area (Å²) >= 11 is 0. The largest absolute Gasteiger partial charge is 0.330 e. The van der Waals surface area contributed by atoms with Crippen molar-refractivity contribution in [2.45, 2.75) is 31.7 Å². The first kappa shape index (κ1) is 11.4. The van der Waals surface area contributed by atoms with E-state index in [-0.39, 0.29) is 0 Å². The molecule has 0 aromatic rings. The second kappa shape index (κ2) is 5.28. The van der Waals surface area contributed by atoms with Crippen LogP contribution in [0.15, 0.2) is 0 Å². The molecule has 3 nitrogen and oxygen atoms in total. The molecule has 1 saturated heterocycles. The molecular formula is C12H25N3. The summed E-state index contributed by atoms with van der Waals surface area (Å²) in [6.45, 7) is 5.89. The lowest BCUT2D eigenvalue weighted by molar-refractivity contribution is 0.0684. The van der Waals surface area contributed by atoms with Crippen LogP contribution in [0.1, 0.15) is 25.7 Å². The first-order valence-corrected chi connectivity index (χ1v) is 6.42. The molecule has 0 radical (unpaired) electrons. The molecule has 1 heterocycles. The first-order valence-electron chi connectivity index (χ1n) is 6.42. The van der Waals surface area contributed by atoms with E-state index in [1.807, 2.05) is 0 Å². The van der Waals surface area contributed by atoms with E-state index in [0.29, 0.717) is 6.04 Å². The summed E-state index contributed by atoms with van der Waals surface area (Å²) in [5.41, 5.74) is 5.66. The third-order valence-electron chi connectivity index (χ3n) is 4.10. The lowest BCUT2D eigenvalue weighted by atomic mass is 9.85. The average molecular weight is 211 g/mol. The molecule has 1 aliphatic carbocycles.